The number of furan rings is 1. The quantitative estimate of drug-likeness (QED) is 0.770. The summed E-state index contributed by atoms with van der Waals surface area (Å²) in [6.07, 6.45) is 6.90. The third-order valence-corrected chi connectivity index (χ3v) is 4.09. The van der Waals surface area contributed by atoms with E-state index >= 15 is 0 Å². The number of hydrogen-bond donors (Lipinski definition) is 2. The Morgan fingerprint density at radius 1 is 1.45 bits per heavy atom. The topological polar surface area (TPSA) is 88.8 Å². The summed E-state index contributed by atoms with van der Waals surface area (Å²) < 4.78 is 10.8. The molecule has 1 aromatic heterocycles. The number of nitrogens with one attached hydrogen (secondary N) is 1. The molecule has 0 radical (unpaired) electrons. The summed E-state index contributed by atoms with van der Waals surface area (Å²) >= 11 is 0. The first-order valence-corrected chi connectivity index (χ1v) is 7.83. The first-order chi connectivity index (χ1) is 10.6. The lowest BCUT2D eigenvalue weighted by atomic mass is 9.98. The molecule has 1 saturated carbocycles. The minimum Gasteiger partial charge on any atom is -0.478 e. The molecular formula is C16H23NO5. The molecule has 0 aromatic carbocycles. The second-order valence-corrected chi connectivity index (χ2v) is 5.59. The number of carboxylic acids is 1. The van der Waals surface area contributed by atoms with E-state index in [1.807, 2.05) is 6.92 Å². The Bertz CT molecular complexity index is 504. The van der Waals surface area contributed by atoms with Crippen LogP contribution in [0.1, 0.15) is 59.9 Å². The minimum atomic E-state index is -1.11. The van der Waals surface area contributed by atoms with E-state index in [9.17, 15) is 9.59 Å². The Balaban J connectivity index is 1.80. The Morgan fingerprint density at radius 3 is 2.77 bits per heavy atom. The van der Waals surface area contributed by atoms with E-state index in [1.165, 1.54) is 31.7 Å². The molecule has 6 heteroatoms. The van der Waals surface area contributed by atoms with Crippen LogP contribution in [-0.4, -0.2) is 36.2 Å². The van der Waals surface area contributed by atoms with E-state index in [2.05, 4.69) is 5.32 Å². The van der Waals surface area contributed by atoms with Crippen LogP contribution in [0.4, 0.5) is 0 Å². The molecule has 0 saturated heterocycles. The van der Waals surface area contributed by atoms with Crippen LogP contribution in [0.2, 0.25) is 0 Å². The third-order valence-electron chi connectivity index (χ3n) is 4.09. The number of carbonyl (C=O) groups excluding carboxylic acids is 1. The second kappa shape index (κ2) is 7.98. The molecule has 1 amide bonds. The number of rotatable bonds is 8. The third kappa shape index (κ3) is 4.34. The summed E-state index contributed by atoms with van der Waals surface area (Å²) in [7, 11) is 0. The van der Waals surface area contributed by atoms with E-state index in [0.717, 1.165) is 12.7 Å². The number of carboxylic acid groups (broad SMARTS) is 1. The average Bonchev–Trinajstić information content (AvgIpc) is 3.17. The first-order valence-electron chi connectivity index (χ1n) is 7.83. The second-order valence-electron chi connectivity index (χ2n) is 5.59. The van der Waals surface area contributed by atoms with Gasteiger partial charge in [-0.15, -0.1) is 0 Å². The van der Waals surface area contributed by atoms with Gasteiger partial charge >= 0.3 is 5.97 Å². The first kappa shape index (κ1) is 16.5. The van der Waals surface area contributed by atoms with Crippen LogP contribution in [-0.2, 0) is 4.74 Å². The van der Waals surface area contributed by atoms with Crippen molar-refractivity contribution in [1.82, 2.24) is 5.32 Å². The summed E-state index contributed by atoms with van der Waals surface area (Å²) in [6.45, 7) is 3.15. The predicted octanol–water partition coefficient (Wildman–Crippen LogP) is 2.69. The standard InChI is InChI=1S/C16H23NO5/c1-2-21-13(11-5-3-4-6-11)7-8-17-15(18)14-9-12(10-22-14)16(19)20/h9-11,13H,2-8H2,1H3,(H,17,18)(H,19,20). The summed E-state index contributed by atoms with van der Waals surface area (Å²) in [5.74, 6) is -0.903. The van der Waals surface area contributed by atoms with Gasteiger partial charge < -0.3 is 19.6 Å². The number of hydrogen-bond acceptors (Lipinski definition) is 4. The fourth-order valence-corrected chi connectivity index (χ4v) is 2.98. The number of aromatic carboxylic acids is 1. The van der Waals surface area contributed by atoms with Crippen LogP contribution in [0.3, 0.4) is 0 Å². The molecule has 0 bridgehead atoms. The molecule has 1 fully saturated rings. The Morgan fingerprint density at radius 2 is 2.18 bits per heavy atom. The van der Waals surface area contributed by atoms with Gasteiger partial charge in [-0.25, -0.2) is 4.79 Å². The maximum absolute atomic E-state index is 11.9. The van der Waals surface area contributed by atoms with Crippen molar-refractivity contribution in [3.63, 3.8) is 0 Å². The normalized spacial score (nSPS) is 16.6. The van der Waals surface area contributed by atoms with E-state index < -0.39 is 11.9 Å². The Kier molecular flexibility index (Phi) is 6.00. The molecule has 1 aliphatic rings. The smallest absolute Gasteiger partial charge is 0.338 e. The highest BCUT2D eigenvalue weighted by Crippen LogP contribution is 2.30. The van der Waals surface area contributed by atoms with Crippen LogP contribution in [0.15, 0.2) is 16.7 Å². The molecule has 1 atom stereocenters. The molecule has 2 rings (SSSR count). The van der Waals surface area contributed by atoms with Crippen LogP contribution in [0.5, 0.6) is 0 Å². The van der Waals surface area contributed by atoms with Crippen molar-refractivity contribution in [2.75, 3.05) is 13.2 Å². The van der Waals surface area contributed by atoms with Crippen molar-refractivity contribution in [3.8, 4) is 0 Å². The van der Waals surface area contributed by atoms with Gasteiger partial charge in [0.05, 0.1) is 11.7 Å². The van der Waals surface area contributed by atoms with Crippen molar-refractivity contribution in [1.29, 1.82) is 0 Å². The lowest BCUT2D eigenvalue weighted by Crippen LogP contribution is -2.30. The number of carbonyl (C=O) groups is 2. The molecule has 1 unspecified atom stereocenters. The van der Waals surface area contributed by atoms with Gasteiger partial charge in [-0.2, -0.15) is 0 Å². The van der Waals surface area contributed by atoms with Crippen molar-refractivity contribution >= 4 is 11.9 Å². The zero-order valence-electron chi connectivity index (χ0n) is 12.8. The van der Waals surface area contributed by atoms with Crippen LogP contribution >= 0.6 is 0 Å². The Hall–Kier alpha value is -1.82. The van der Waals surface area contributed by atoms with Gasteiger partial charge in [0.2, 0.25) is 0 Å². The van der Waals surface area contributed by atoms with Gasteiger partial charge in [-0.1, -0.05) is 12.8 Å². The highest BCUT2D eigenvalue weighted by molar-refractivity contribution is 5.95. The lowest BCUT2D eigenvalue weighted by Gasteiger charge is -2.23. The Labute approximate surface area is 129 Å². The van der Waals surface area contributed by atoms with Crippen molar-refractivity contribution < 1.29 is 23.8 Å². The van der Waals surface area contributed by atoms with Gasteiger partial charge in [0.15, 0.2) is 5.76 Å². The van der Waals surface area contributed by atoms with Crippen LogP contribution in [0.25, 0.3) is 0 Å². The highest BCUT2D eigenvalue weighted by atomic mass is 16.5. The van der Waals surface area contributed by atoms with Gasteiger partial charge in [0.1, 0.15) is 6.26 Å². The molecule has 22 heavy (non-hydrogen) atoms. The van der Waals surface area contributed by atoms with E-state index in [4.69, 9.17) is 14.3 Å². The molecule has 2 N–H and O–H groups in total. The van der Waals surface area contributed by atoms with Gasteiger partial charge in [0.25, 0.3) is 5.91 Å². The van der Waals surface area contributed by atoms with Gasteiger partial charge in [-0.05, 0) is 32.1 Å². The maximum Gasteiger partial charge on any atom is 0.338 e. The summed E-state index contributed by atoms with van der Waals surface area (Å²) in [6, 6.07) is 1.23. The van der Waals surface area contributed by atoms with Gasteiger partial charge in [0, 0.05) is 19.2 Å². The molecule has 6 nitrogen and oxygen atoms in total. The number of amides is 1. The molecular weight excluding hydrogens is 286 g/mol. The van der Waals surface area contributed by atoms with Gasteiger partial charge in [-0.3, -0.25) is 4.79 Å². The molecule has 1 aliphatic carbocycles. The van der Waals surface area contributed by atoms with E-state index in [1.54, 1.807) is 0 Å². The zero-order valence-corrected chi connectivity index (χ0v) is 12.8. The fraction of sp³-hybridized carbons (Fsp3) is 0.625. The van der Waals surface area contributed by atoms with Crippen LogP contribution in [0, 0.1) is 5.92 Å². The van der Waals surface area contributed by atoms with Crippen LogP contribution < -0.4 is 5.32 Å². The SMILES string of the molecule is CCOC(CCNC(=O)c1cc(C(=O)O)co1)C1CCCC1. The molecule has 122 valence electrons. The fourth-order valence-electron chi connectivity index (χ4n) is 2.98. The molecule has 1 heterocycles. The van der Waals surface area contributed by atoms with Crippen molar-refractivity contribution in [2.24, 2.45) is 5.92 Å². The minimum absolute atomic E-state index is 0.0197. The van der Waals surface area contributed by atoms with Crippen molar-refractivity contribution in [3.05, 3.63) is 23.7 Å². The predicted molar refractivity (Wildman–Crippen MR) is 80.0 cm³/mol. The largest absolute Gasteiger partial charge is 0.478 e. The van der Waals surface area contributed by atoms with Crippen molar-refractivity contribution in [2.45, 2.75) is 45.1 Å². The van der Waals surface area contributed by atoms with E-state index in [0.29, 0.717) is 19.1 Å². The van der Waals surface area contributed by atoms with E-state index in [-0.39, 0.29) is 17.4 Å². The highest BCUT2D eigenvalue weighted by Gasteiger charge is 2.25. The molecule has 1 aromatic rings. The summed E-state index contributed by atoms with van der Waals surface area (Å²) in [4.78, 5) is 22.7. The maximum atomic E-state index is 11.9. The zero-order chi connectivity index (χ0) is 15.9. The molecule has 0 aliphatic heterocycles. The summed E-state index contributed by atoms with van der Waals surface area (Å²) in [5.41, 5.74) is -0.0247. The lowest BCUT2D eigenvalue weighted by molar-refractivity contribution is 0.0163. The summed E-state index contributed by atoms with van der Waals surface area (Å²) in [5, 5.41) is 11.6. The monoisotopic (exact) mass is 309 g/mol. The number of ether oxygens (including phenoxy) is 1. The molecule has 0 spiro atoms. The average molecular weight is 309 g/mol.